The molecule has 110 valence electrons. The second kappa shape index (κ2) is 4.71. The largest absolute Gasteiger partial charge is 0.0695 e. The van der Waals surface area contributed by atoms with Crippen LogP contribution in [0.2, 0.25) is 0 Å². The van der Waals surface area contributed by atoms with E-state index in [1.807, 2.05) is 0 Å². The standard InChI is InChI=1S/C22H22/c1-21-13-14-22(2,16-19(21)17-9-5-3-6-10-17)20(15-21)18-11-7-4-8-12-18/h3-12,15-16H,13-14H2,1-2H3/t21-,22-/m1/s1. The maximum atomic E-state index is 2.54. The molecule has 0 heterocycles. The van der Waals surface area contributed by atoms with Crippen molar-refractivity contribution in [2.75, 3.05) is 0 Å². The van der Waals surface area contributed by atoms with Gasteiger partial charge in [-0.05, 0) is 35.1 Å². The second-order valence-corrected chi connectivity index (χ2v) is 7.18. The molecule has 22 heavy (non-hydrogen) atoms. The molecule has 0 radical (unpaired) electrons. The molecule has 0 N–H and O–H groups in total. The van der Waals surface area contributed by atoms with Gasteiger partial charge in [0.1, 0.15) is 0 Å². The SMILES string of the molecule is C[C@@]12C=C(c3ccccc3)[C@@](C)(C=C1c1ccccc1)CC2. The first-order valence-corrected chi connectivity index (χ1v) is 8.18. The van der Waals surface area contributed by atoms with Crippen LogP contribution >= 0.6 is 0 Å². The average molecular weight is 286 g/mol. The third kappa shape index (κ3) is 1.98. The van der Waals surface area contributed by atoms with Gasteiger partial charge in [-0.3, -0.25) is 0 Å². The summed E-state index contributed by atoms with van der Waals surface area (Å²) in [6, 6.07) is 21.8. The lowest BCUT2D eigenvalue weighted by atomic mass is 9.55. The molecule has 2 atom stereocenters. The number of allylic oxidation sites excluding steroid dienone is 4. The molecule has 0 saturated heterocycles. The Bertz CT molecular complexity index is 684. The summed E-state index contributed by atoms with van der Waals surface area (Å²) in [5.41, 5.74) is 6.07. The summed E-state index contributed by atoms with van der Waals surface area (Å²) in [7, 11) is 0. The fraction of sp³-hybridized carbons (Fsp3) is 0.273. The summed E-state index contributed by atoms with van der Waals surface area (Å²) >= 11 is 0. The zero-order chi connectivity index (χ0) is 15.2. The van der Waals surface area contributed by atoms with Crippen LogP contribution in [0.15, 0.2) is 72.8 Å². The molecule has 5 rings (SSSR count). The summed E-state index contributed by atoms with van der Waals surface area (Å²) < 4.78 is 0. The normalized spacial score (nSPS) is 29.9. The van der Waals surface area contributed by atoms with E-state index in [-0.39, 0.29) is 10.8 Å². The van der Waals surface area contributed by atoms with Gasteiger partial charge in [0.05, 0.1) is 0 Å². The zero-order valence-corrected chi connectivity index (χ0v) is 13.3. The van der Waals surface area contributed by atoms with Crippen molar-refractivity contribution in [3.8, 4) is 0 Å². The highest BCUT2D eigenvalue weighted by molar-refractivity contribution is 5.86. The highest BCUT2D eigenvalue weighted by Crippen LogP contribution is 2.59. The van der Waals surface area contributed by atoms with E-state index in [1.54, 1.807) is 0 Å². The van der Waals surface area contributed by atoms with Crippen molar-refractivity contribution < 1.29 is 0 Å². The predicted octanol–water partition coefficient (Wildman–Crippen LogP) is 5.97. The summed E-state index contributed by atoms with van der Waals surface area (Å²) in [5, 5.41) is 0. The lowest BCUT2D eigenvalue weighted by Gasteiger charge is -2.49. The third-order valence-corrected chi connectivity index (χ3v) is 5.49. The van der Waals surface area contributed by atoms with Gasteiger partial charge in [0, 0.05) is 10.8 Å². The minimum absolute atomic E-state index is 0.157. The van der Waals surface area contributed by atoms with Gasteiger partial charge in [0.25, 0.3) is 0 Å². The van der Waals surface area contributed by atoms with Gasteiger partial charge >= 0.3 is 0 Å². The Kier molecular flexibility index (Phi) is 2.91. The van der Waals surface area contributed by atoms with Crippen LogP contribution in [-0.2, 0) is 0 Å². The number of hydrogen-bond acceptors (Lipinski definition) is 0. The van der Waals surface area contributed by atoms with Gasteiger partial charge in [-0.1, -0.05) is 86.7 Å². The molecule has 0 nitrogen and oxygen atoms in total. The van der Waals surface area contributed by atoms with Crippen LogP contribution in [0.1, 0.15) is 37.8 Å². The molecule has 0 spiro atoms. The Hall–Kier alpha value is -2.08. The van der Waals surface area contributed by atoms with Crippen LogP contribution in [0.5, 0.6) is 0 Å². The van der Waals surface area contributed by atoms with Crippen molar-refractivity contribution >= 4 is 11.1 Å². The molecular weight excluding hydrogens is 264 g/mol. The minimum atomic E-state index is 0.157. The maximum Gasteiger partial charge on any atom is 0.0113 e. The monoisotopic (exact) mass is 286 g/mol. The maximum absolute atomic E-state index is 2.54. The molecule has 0 amide bonds. The third-order valence-electron chi connectivity index (χ3n) is 5.49. The molecular formula is C22H22. The second-order valence-electron chi connectivity index (χ2n) is 7.18. The molecule has 0 fully saturated rings. The van der Waals surface area contributed by atoms with Gasteiger partial charge < -0.3 is 0 Å². The molecule has 3 aliphatic rings. The Morgan fingerprint density at radius 3 is 1.32 bits per heavy atom. The lowest BCUT2D eigenvalue weighted by molar-refractivity contribution is 0.350. The van der Waals surface area contributed by atoms with E-state index in [2.05, 4.69) is 86.7 Å². The van der Waals surface area contributed by atoms with Crippen molar-refractivity contribution in [3.63, 3.8) is 0 Å². The van der Waals surface area contributed by atoms with E-state index in [9.17, 15) is 0 Å². The summed E-state index contributed by atoms with van der Waals surface area (Å²) in [5.74, 6) is 0. The predicted molar refractivity (Wildman–Crippen MR) is 94.3 cm³/mol. The Morgan fingerprint density at radius 1 is 0.591 bits per heavy atom. The molecule has 2 aromatic rings. The molecule has 0 aliphatic heterocycles. The highest BCUT2D eigenvalue weighted by Gasteiger charge is 2.45. The Morgan fingerprint density at radius 2 is 0.955 bits per heavy atom. The van der Waals surface area contributed by atoms with Crippen molar-refractivity contribution in [1.82, 2.24) is 0 Å². The van der Waals surface area contributed by atoms with Crippen LogP contribution in [0.25, 0.3) is 11.1 Å². The fourth-order valence-corrected chi connectivity index (χ4v) is 4.12. The molecule has 3 aliphatic carbocycles. The van der Waals surface area contributed by atoms with E-state index in [4.69, 9.17) is 0 Å². The van der Waals surface area contributed by atoms with Crippen molar-refractivity contribution in [3.05, 3.63) is 83.9 Å². The molecule has 0 heteroatoms. The number of rotatable bonds is 2. The van der Waals surface area contributed by atoms with E-state index in [1.165, 1.54) is 35.1 Å². The summed E-state index contributed by atoms with van der Waals surface area (Å²) in [6.45, 7) is 4.79. The number of benzene rings is 2. The molecule has 0 aromatic heterocycles. The summed E-state index contributed by atoms with van der Waals surface area (Å²) in [4.78, 5) is 0. The average Bonchev–Trinajstić information content (AvgIpc) is 2.57. The van der Waals surface area contributed by atoms with Gasteiger partial charge in [-0.25, -0.2) is 0 Å². The van der Waals surface area contributed by atoms with E-state index >= 15 is 0 Å². The van der Waals surface area contributed by atoms with Crippen LogP contribution < -0.4 is 0 Å². The topological polar surface area (TPSA) is 0 Å². The van der Waals surface area contributed by atoms with Crippen LogP contribution in [-0.4, -0.2) is 0 Å². The fourth-order valence-electron chi connectivity index (χ4n) is 4.12. The number of fused-ring (bicyclic) bond motifs is 1. The molecule has 0 unspecified atom stereocenters. The van der Waals surface area contributed by atoms with Crippen LogP contribution in [0.3, 0.4) is 0 Å². The van der Waals surface area contributed by atoms with Gasteiger partial charge in [0.15, 0.2) is 0 Å². The van der Waals surface area contributed by atoms with Gasteiger partial charge in [-0.15, -0.1) is 0 Å². The Labute approximate surface area is 133 Å². The molecule has 2 bridgehead atoms. The van der Waals surface area contributed by atoms with Gasteiger partial charge in [-0.2, -0.15) is 0 Å². The first-order chi connectivity index (χ1) is 10.6. The first kappa shape index (κ1) is 13.6. The van der Waals surface area contributed by atoms with Gasteiger partial charge in [0.2, 0.25) is 0 Å². The molecule has 0 saturated carbocycles. The molecule has 2 aromatic carbocycles. The lowest BCUT2D eigenvalue weighted by Crippen LogP contribution is -2.35. The quantitative estimate of drug-likeness (QED) is 0.637. The van der Waals surface area contributed by atoms with Crippen LogP contribution in [0, 0.1) is 10.8 Å². The first-order valence-electron chi connectivity index (χ1n) is 8.18. The Balaban J connectivity index is 1.85. The summed E-state index contributed by atoms with van der Waals surface area (Å²) in [6.07, 6.45) is 7.55. The number of hydrogen-bond donors (Lipinski definition) is 0. The van der Waals surface area contributed by atoms with Crippen molar-refractivity contribution in [2.45, 2.75) is 26.7 Å². The van der Waals surface area contributed by atoms with E-state index in [0.717, 1.165) is 0 Å². The van der Waals surface area contributed by atoms with Crippen molar-refractivity contribution in [1.29, 1.82) is 0 Å². The van der Waals surface area contributed by atoms with Crippen molar-refractivity contribution in [2.24, 2.45) is 10.8 Å². The minimum Gasteiger partial charge on any atom is -0.0695 e. The van der Waals surface area contributed by atoms with E-state index < -0.39 is 0 Å². The van der Waals surface area contributed by atoms with E-state index in [0.29, 0.717) is 0 Å². The smallest absolute Gasteiger partial charge is 0.0113 e. The van der Waals surface area contributed by atoms with Crippen LogP contribution in [0.4, 0.5) is 0 Å². The highest BCUT2D eigenvalue weighted by atomic mass is 14.5. The zero-order valence-electron chi connectivity index (χ0n) is 13.3.